The summed E-state index contributed by atoms with van der Waals surface area (Å²) in [5, 5.41) is 0. The van der Waals surface area contributed by atoms with E-state index >= 15 is 0 Å². The smallest absolute Gasteiger partial charge is 0.175 e. The van der Waals surface area contributed by atoms with Crippen LogP contribution in [-0.4, -0.2) is 5.78 Å². The molecular formula is C16H21BrOS. The maximum atomic E-state index is 12.6. The minimum absolute atomic E-state index is 0.296. The number of halogens is 1. The van der Waals surface area contributed by atoms with Gasteiger partial charge in [0.15, 0.2) is 5.78 Å². The zero-order chi connectivity index (χ0) is 13.4. The molecule has 0 amide bonds. The van der Waals surface area contributed by atoms with Gasteiger partial charge in [-0.3, -0.25) is 4.79 Å². The lowest BCUT2D eigenvalue weighted by Crippen LogP contribution is -2.31. The van der Waals surface area contributed by atoms with Gasteiger partial charge < -0.3 is 0 Å². The van der Waals surface area contributed by atoms with E-state index in [4.69, 9.17) is 0 Å². The molecular weight excluding hydrogens is 320 g/mol. The molecule has 0 spiro atoms. The maximum absolute atomic E-state index is 12.6. The van der Waals surface area contributed by atoms with E-state index in [2.05, 4.69) is 28.9 Å². The molecule has 0 aliphatic heterocycles. The van der Waals surface area contributed by atoms with Crippen molar-refractivity contribution in [2.75, 3.05) is 0 Å². The number of ketones is 1. The van der Waals surface area contributed by atoms with Crippen LogP contribution in [0.3, 0.4) is 0 Å². The third-order valence-electron chi connectivity index (χ3n) is 5.01. The van der Waals surface area contributed by atoms with Crippen molar-refractivity contribution in [1.29, 1.82) is 0 Å². The zero-order valence-electron chi connectivity index (χ0n) is 11.5. The first-order valence-corrected chi connectivity index (χ1v) is 9.06. The van der Waals surface area contributed by atoms with E-state index in [0.29, 0.717) is 11.7 Å². The molecule has 3 heteroatoms. The van der Waals surface area contributed by atoms with Crippen molar-refractivity contribution in [2.45, 2.75) is 51.9 Å². The molecule has 19 heavy (non-hydrogen) atoms. The monoisotopic (exact) mass is 340 g/mol. The van der Waals surface area contributed by atoms with Crippen molar-refractivity contribution >= 4 is 33.0 Å². The van der Waals surface area contributed by atoms with Crippen LogP contribution in [0.5, 0.6) is 0 Å². The van der Waals surface area contributed by atoms with E-state index in [1.165, 1.54) is 37.7 Å². The SMILES string of the molecule is Cc1cc(C(=O)C2CCC3CCCCC3C2)sc1Br. The van der Waals surface area contributed by atoms with Gasteiger partial charge in [-0.05, 0) is 65.6 Å². The molecule has 0 aromatic carbocycles. The van der Waals surface area contributed by atoms with E-state index in [1.54, 1.807) is 11.3 Å². The number of thiophene rings is 1. The summed E-state index contributed by atoms with van der Waals surface area (Å²) in [6, 6.07) is 2.06. The molecule has 2 saturated carbocycles. The third-order valence-corrected chi connectivity index (χ3v) is 7.16. The molecule has 0 saturated heterocycles. The third kappa shape index (κ3) is 2.82. The number of carbonyl (C=O) groups excluding carboxylic acids is 1. The van der Waals surface area contributed by atoms with Gasteiger partial charge in [0.2, 0.25) is 0 Å². The van der Waals surface area contributed by atoms with Crippen molar-refractivity contribution in [1.82, 2.24) is 0 Å². The number of fused-ring (bicyclic) bond motifs is 1. The first kappa shape index (κ1) is 13.8. The Bertz CT molecular complexity index is 460. The first-order valence-electron chi connectivity index (χ1n) is 7.45. The molecule has 2 fully saturated rings. The Morgan fingerprint density at radius 1 is 1.21 bits per heavy atom. The van der Waals surface area contributed by atoms with Crippen LogP contribution in [0.4, 0.5) is 0 Å². The molecule has 1 aromatic heterocycles. The highest BCUT2D eigenvalue weighted by Gasteiger charge is 2.35. The van der Waals surface area contributed by atoms with Gasteiger partial charge in [-0.25, -0.2) is 0 Å². The summed E-state index contributed by atoms with van der Waals surface area (Å²) in [7, 11) is 0. The number of Topliss-reactive ketones (excluding diaryl/α,β-unsaturated/α-hetero) is 1. The fraction of sp³-hybridized carbons (Fsp3) is 0.688. The van der Waals surface area contributed by atoms with E-state index in [9.17, 15) is 4.79 Å². The van der Waals surface area contributed by atoms with Crippen LogP contribution in [0.1, 0.15) is 60.2 Å². The van der Waals surface area contributed by atoms with Gasteiger partial charge in [0.25, 0.3) is 0 Å². The predicted octanol–water partition coefficient (Wildman–Crippen LogP) is 5.61. The Morgan fingerprint density at radius 2 is 1.95 bits per heavy atom. The number of hydrogen-bond acceptors (Lipinski definition) is 2. The van der Waals surface area contributed by atoms with Gasteiger partial charge in [0.1, 0.15) is 0 Å². The van der Waals surface area contributed by atoms with Crippen LogP contribution in [0.25, 0.3) is 0 Å². The topological polar surface area (TPSA) is 17.1 Å². The molecule has 0 N–H and O–H groups in total. The lowest BCUT2D eigenvalue weighted by Gasteiger charge is -2.38. The van der Waals surface area contributed by atoms with Crippen molar-refractivity contribution in [3.63, 3.8) is 0 Å². The van der Waals surface area contributed by atoms with Gasteiger partial charge in [0.05, 0.1) is 8.66 Å². The van der Waals surface area contributed by atoms with Crippen molar-refractivity contribution in [3.8, 4) is 0 Å². The molecule has 3 unspecified atom stereocenters. The quantitative estimate of drug-likeness (QED) is 0.639. The fourth-order valence-corrected chi connectivity index (χ4v) is 5.45. The molecule has 3 rings (SSSR count). The molecule has 1 heterocycles. The molecule has 2 aliphatic carbocycles. The first-order chi connectivity index (χ1) is 9.15. The van der Waals surface area contributed by atoms with Crippen LogP contribution in [-0.2, 0) is 0 Å². The Labute approximate surface area is 127 Å². The largest absolute Gasteiger partial charge is 0.293 e. The lowest BCUT2D eigenvalue weighted by molar-refractivity contribution is 0.0767. The highest BCUT2D eigenvalue weighted by molar-refractivity contribution is 9.11. The average Bonchev–Trinajstić information content (AvgIpc) is 2.77. The minimum Gasteiger partial charge on any atom is -0.293 e. The highest BCUT2D eigenvalue weighted by atomic mass is 79.9. The molecule has 104 valence electrons. The number of hydrogen-bond donors (Lipinski definition) is 0. The molecule has 0 bridgehead atoms. The van der Waals surface area contributed by atoms with E-state index in [1.807, 2.05) is 0 Å². The molecule has 2 aliphatic rings. The van der Waals surface area contributed by atoms with Crippen molar-refractivity contribution < 1.29 is 4.79 Å². The normalized spacial score (nSPS) is 30.9. The zero-order valence-corrected chi connectivity index (χ0v) is 13.9. The lowest BCUT2D eigenvalue weighted by atomic mass is 9.66. The Morgan fingerprint density at radius 3 is 2.63 bits per heavy atom. The predicted molar refractivity (Wildman–Crippen MR) is 83.9 cm³/mol. The summed E-state index contributed by atoms with van der Waals surface area (Å²) in [5.41, 5.74) is 1.19. The van der Waals surface area contributed by atoms with Crippen LogP contribution < -0.4 is 0 Å². The standard InChI is InChI=1S/C16H21BrOS/c1-10-8-14(19-16(10)17)15(18)13-7-6-11-4-2-3-5-12(11)9-13/h8,11-13H,2-7,9H2,1H3. The highest BCUT2D eigenvalue weighted by Crippen LogP contribution is 2.44. The van der Waals surface area contributed by atoms with Crippen molar-refractivity contribution in [2.24, 2.45) is 17.8 Å². The summed E-state index contributed by atoms with van der Waals surface area (Å²) in [6.45, 7) is 2.06. The van der Waals surface area contributed by atoms with Crippen molar-refractivity contribution in [3.05, 3.63) is 20.3 Å². The second-order valence-corrected chi connectivity index (χ2v) is 8.62. The Balaban J connectivity index is 1.70. The summed E-state index contributed by atoms with van der Waals surface area (Å²) < 4.78 is 1.11. The molecule has 1 aromatic rings. The van der Waals surface area contributed by atoms with Gasteiger partial charge in [-0.2, -0.15) is 0 Å². The fourth-order valence-electron chi connectivity index (χ4n) is 3.89. The van der Waals surface area contributed by atoms with Crippen LogP contribution in [0, 0.1) is 24.7 Å². The number of carbonyl (C=O) groups is 1. The number of aryl methyl sites for hydroxylation is 1. The maximum Gasteiger partial charge on any atom is 0.175 e. The Hall–Kier alpha value is -0.150. The van der Waals surface area contributed by atoms with E-state index < -0.39 is 0 Å². The minimum atomic E-state index is 0.296. The second-order valence-electron chi connectivity index (χ2n) is 6.25. The molecule has 1 nitrogen and oxygen atoms in total. The van der Waals surface area contributed by atoms with Gasteiger partial charge >= 0.3 is 0 Å². The Kier molecular flexibility index (Phi) is 4.14. The van der Waals surface area contributed by atoms with Gasteiger partial charge in [-0.15, -0.1) is 11.3 Å². The van der Waals surface area contributed by atoms with Gasteiger partial charge in [0, 0.05) is 5.92 Å². The van der Waals surface area contributed by atoms with Crippen LogP contribution in [0.2, 0.25) is 0 Å². The number of rotatable bonds is 2. The van der Waals surface area contributed by atoms with E-state index in [0.717, 1.165) is 33.3 Å². The van der Waals surface area contributed by atoms with Gasteiger partial charge in [-0.1, -0.05) is 25.7 Å². The summed E-state index contributed by atoms with van der Waals surface area (Å²) in [5.74, 6) is 2.46. The average molecular weight is 341 g/mol. The summed E-state index contributed by atoms with van der Waals surface area (Å²) in [6.07, 6.45) is 9.12. The van der Waals surface area contributed by atoms with Crippen LogP contribution in [0.15, 0.2) is 9.85 Å². The summed E-state index contributed by atoms with van der Waals surface area (Å²) >= 11 is 5.14. The molecule has 3 atom stereocenters. The second kappa shape index (κ2) is 5.69. The molecule has 0 radical (unpaired) electrons. The summed E-state index contributed by atoms with van der Waals surface area (Å²) in [4.78, 5) is 13.6. The van der Waals surface area contributed by atoms with Crippen LogP contribution >= 0.6 is 27.3 Å². The van der Waals surface area contributed by atoms with E-state index in [-0.39, 0.29) is 0 Å².